The van der Waals surface area contributed by atoms with Crippen LogP contribution in [0.15, 0.2) is 18.2 Å². The highest BCUT2D eigenvalue weighted by Crippen LogP contribution is 2.39. The molecule has 1 aromatic rings. The summed E-state index contributed by atoms with van der Waals surface area (Å²) in [6.45, 7) is 11.9. The zero-order valence-corrected chi connectivity index (χ0v) is 22.2. The van der Waals surface area contributed by atoms with Gasteiger partial charge in [0.2, 0.25) is 11.8 Å². The Morgan fingerprint density at radius 1 is 1.19 bits per heavy atom. The number of rotatable bonds is 7. The minimum Gasteiger partial charge on any atom is -0.366 e. The molecule has 8 nitrogen and oxygen atoms in total. The van der Waals surface area contributed by atoms with Crippen molar-refractivity contribution in [1.82, 2.24) is 9.80 Å². The molecule has 4 atom stereocenters. The van der Waals surface area contributed by atoms with Crippen LogP contribution >= 0.6 is 0 Å². The molecule has 1 aromatic carbocycles. The highest BCUT2D eigenvalue weighted by Gasteiger charge is 2.52. The van der Waals surface area contributed by atoms with Crippen LogP contribution in [0.25, 0.3) is 0 Å². The second-order valence-electron chi connectivity index (χ2n) is 12.0. The van der Waals surface area contributed by atoms with E-state index >= 15 is 0 Å². The number of fused-ring (bicyclic) bond motifs is 1. The predicted molar refractivity (Wildman–Crippen MR) is 139 cm³/mol. The summed E-state index contributed by atoms with van der Waals surface area (Å²) in [4.78, 5) is 43.4. The first-order valence-corrected chi connectivity index (χ1v) is 13.4. The lowest BCUT2D eigenvalue weighted by Gasteiger charge is -2.34. The van der Waals surface area contributed by atoms with Gasteiger partial charge in [0, 0.05) is 12.1 Å². The van der Waals surface area contributed by atoms with Crippen molar-refractivity contribution in [3.63, 3.8) is 0 Å². The number of carbonyl (C=O) groups is 3. The molecule has 0 saturated carbocycles. The van der Waals surface area contributed by atoms with E-state index in [1.165, 1.54) is 0 Å². The molecule has 0 unspecified atom stereocenters. The molecule has 0 aromatic heterocycles. The van der Waals surface area contributed by atoms with E-state index in [1.54, 1.807) is 11.0 Å². The van der Waals surface area contributed by atoms with Crippen LogP contribution in [0, 0.1) is 5.41 Å². The van der Waals surface area contributed by atoms with E-state index in [0.717, 1.165) is 44.5 Å². The van der Waals surface area contributed by atoms with Gasteiger partial charge in [-0.05, 0) is 73.8 Å². The Bertz CT molecular complexity index is 996. The summed E-state index contributed by atoms with van der Waals surface area (Å²) in [5.74, 6) is -1.06. The third-order valence-electron chi connectivity index (χ3n) is 7.94. The fraction of sp³-hybridized carbons (Fsp3) is 0.679. The monoisotopic (exact) mass is 498 g/mol. The molecule has 8 heteroatoms. The first-order valence-electron chi connectivity index (χ1n) is 13.4. The van der Waals surface area contributed by atoms with Gasteiger partial charge in [-0.3, -0.25) is 14.4 Å². The number of Topliss-reactive ketones (excluding diaryl/α,β-unsaturated/α-hetero) is 1. The third-order valence-corrected chi connectivity index (χ3v) is 7.94. The van der Waals surface area contributed by atoms with Crippen LogP contribution in [0.1, 0.15) is 86.7 Å². The summed E-state index contributed by atoms with van der Waals surface area (Å²) in [5, 5.41) is 0. The minimum atomic E-state index is -0.655. The van der Waals surface area contributed by atoms with Crippen LogP contribution < -0.4 is 11.5 Å². The number of primary amides is 1. The third kappa shape index (κ3) is 5.50. The number of likely N-dealkylation sites (tertiary alicyclic amines) is 2. The standard InChI is InChI=1S/C28H42N4O4/c1-5-10-31-11-8-17(9-12-31)18-6-7-19(26(30)34)20(13-18)21(14-28(2,3)4)27(35)32-15-22(29)25-24(32)23(33)16-36-25/h6-7,13,17,21-22,24-25H,5,8-12,14-16,29H2,1-4H3,(H2,30,34)/t21-,22-,24+,25+/m0/s1. The van der Waals surface area contributed by atoms with Gasteiger partial charge in [-0.2, -0.15) is 0 Å². The number of ether oxygens (including phenoxy) is 1. The average molecular weight is 499 g/mol. The second-order valence-corrected chi connectivity index (χ2v) is 12.0. The normalized spacial score (nSPS) is 26.3. The van der Waals surface area contributed by atoms with Gasteiger partial charge in [0.25, 0.3) is 0 Å². The van der Waals surface area contributed by atoms with E-state index in [-0.39, 0.29) is 30.3 Å². The van der Waals surface area contributed by atoms with Crippen LogP contribution in [0.4, 0.5) is 0 Å². The molecule has 198 valence electrons. The molecule has 3 aliphatic heterocycles. The van der Waals surface area contributed by atoms with Crippen molar-refractivity contribution < 1.29 is 19.1 Å². The number of carbonyl (C=O) groups excluding carboxylic acids is 3. The van der Waals surface area contributed by atoms with E-state index in [9.17, 15) is 14.4 Å². The van der Waals surface area contributed by atoms with Crippen molar-refractivity contribution in [2.75, 3.05) is 32.8 Å². The summed E-state index contributed by atoms with van der Waals surface area (Å²) < 4.78 is 5.61. The fourth-order valence-corrected chi connectivity index (χ4v) is 6.22. The number of hydrogen-bond acceptors (Lipinski definition) is 6. The quantitative estimate of drug-likeness (QED) is 0.596. The van der Waals surface area contributed by atoms with Crippen LogP contribution in [-0.4, -0.2) is 78.4 Å². The van der Waals surface area contributed by atoms with Gasteiger partial charge in [0.15, 0.2) is 5.78 Å². The van der Waals surface area contributed by atoms with E-state index in [0.29, 0.717) is 23.5 Å². The Morgan fingerprint density at radius 2 is 1.89 bits per heavy atom. The maximum Gasteiger partial charge on any atom is 0.249 e. The van der Waals surface area contributed by atoms with Gasteiger partial charge in [-0.1, -0.05) is 39.8 Å². The van der Waals surface area contributed by atoms with Gasteiger partial charge >= 0.3 is 0 Å². The molecule has 36 heavy (non-hydrogen) atoms. The van der Waals surface area contributed by atoms with E-state index < -0.39 is 30.0 Å². The Hall–Kier alpha value is -2.29. The summed E-state index contributed by atoms with van der Waals surface area (Å²) in [5.41, 5.74) is 14.1. The molecule has 0 bridgehead atoms. The maximum atomic E-state index is 14.1. The lowest BCUT2D eigenvalue weighted by atomic mass is 9.77. The second kappa shape index (κ2) is 10.6. The zero-order chi connectivity index (χ0) is 26.2. The van der Waals surface area contributed by atoms with Gasteiger partial charge in [0.1, 0.15) is 18.8 Å². The maximum absolute atomic E-state index is 14.1. The molecule has 3 saturated heterocycles. The van der Waals surface area contributed by atoms with E-state index in [2.05, 4.69) is 32.6 Å². The first kappa shape index (κ1) is 26.8. The average Bonchev–Trinajstić information content (AvgIpc) is 3.37. The number of benzene rings is 1. The Balaban J connectivity index is 1.69. The molecular weight excluding hydrogens is 456 g/mol. The number of nitrogens with zero attached hydrogens (tertiary/aromatic N) is 2. The summed E-state index contributed by atoms with van der Waals surface area (Å²) in [6, 6.07) is 4.76. The molecule has 3 fully saturated rings. The van der Waals surface area contributed by atoms with Crippen molar-refractivity contribution >= 4 is 17.6 Å². The molecular formula is C28H42N4O4. The van der Waals surface area contributed by atoms with Gasteiger partial charge in [-0.25, -0.2) is 0 Å². The summed E-state index contributed by atoms with van der Waals surface area (Å²) in [6.07, 6.45) is 3.29. The van der Waals surface area contributed by atoms with E-state index in [1.807, 2.05) is 12.1 Å². The Morgan fingerprint density at radius 3 is 2.50 bits per heavy atom. The largest absolute Gasteiger partial charge is 0.366 e. The number of hydrogen-bond donors (Lipinski definition) is 2. The molecule has 4 rings (SSSR count). The van der Waals surface area contributed by atoms with Crippen LogP contribution in [0.5, 0.6) is 0 Å². The van der Waals surface area contributed by atoms with Crippen molar-refractivity contribution in [2.24, 2.45) is 16.9 Å². The van der Waals surface area contributed by atoms with Crippen LogP contribution in [-0.2, 0) is 14.3 Å². The lowest BCUT2D eigenvalue weighted by Crippen LogP contribution is -2.45. The molecule has 2 amide bonds. The fourth-order valence-electron chi connectivity index (χ4n) is 6.22. The summed E-state index contributed by atoms with van der Waals surface area (Å²) >= 11 is 0. The summed E-state index contributed by atoms with van der Waals surface area (Å²) in [7, 11) is 0. The van der Waals surface area contributed by atoms with Crippen LogP contribution in [0.3, 0.4) is 0 Å². The first-order chi connectivity index (χ1) is 17.0. The van der Waals surface area contributed by atoms with Gasteiger partial charge < -0.3 is 26.0 Å². The Kier molecular flexibility index (Phi) is 7.88. The predicted octanol–water partition coefficient (Wildman–Crippen LogP) is 2.40. The highest BCUT2D eigenvalue weighted by molar-refractivity contribution is 5.99. The van der Waals surface area contributed by atoms with Gasteiger partial charge in [0.05, 0.1) is 12.0 Å². The minimum absolute atomic E-state index is 0.0184. The van der Waals surface area contributed by atoms with Crippen molar-refractivity contribution in [3.8, 4) is 0 Å². The topological polar surface area (TPSA) is 119 Å². The number of piperidine rings is 1. The highest BCUT2D eigenvalue weighted by atomic mass is 16.5. The van der Waals surface area contributed by atoms with Crippen molar-refractivity contribution in [1.29, 1.82) is 0 Å². The van der Waals surface area contributed by atoms with Gasteiger partial charge in [-0.15, -0.1) is 0 Å². The van der Waals surface area contributed by atoms with Crippen molar-refractivity contribution in [3.05, 3.63) is 34.9 Å². The molecule has 4 N–H and O–H groups in total. The SMILES string of the molecule is CCCN1CCC(c2ccc(C(N)=O)c([C@H](CC(C)(C)C)C(=O)N3C[C@H](N)[C@H]4OCC(=O)[C@H]43)c2)CC1. The number of nitrogens with two attached hydrogens (primary N) is 2. The van der Waals surface area contributed by atoms with Crippen molar-refractivity contribution in [2.45, 2.75) is 83.4 Å². The smallest absolute Gasteiger partial charge is 0.249 e. The Labute approximate surface area is 214 Å². The lowest BCUT2D eigenvalue weighted by molar-refractivity contribution is -0.138. The molecule has 3 aliphatic rings. The molecule has 3 heterocycles. The van der Waals surface area contributed by atoms with Crippen LogP contribution in [0.2, 0.25) is 0 Å². The molecule has 0 spiro atoms. The number of amides is 2. The number of ketones is 1. The van der Waals surface area contributed by atoms with E-state index in [4.69, 9.17) is 16.2 Å². The zero-order valence-electron chi connectivity index (χ0n) is 22.2. The molecule has 0 aliphatic carbocycles. The molecule has 0 radical (unpaired) electrons.